The van der Waals surface area contributed by atoms with Gasteiger partial charge in [0.15, 0.2) is 0 Å². The van der Waals surface area contributed by atoms with Crippen LogP contribution in [-0.2, 0) is 0 Å². The molecule has 1 aliphatic rings. The smallest absolute Gasteiger partial charge is 0.119 e. The summed E-state index contributed by atoms with van der Waals surface area (Å²) in [6.07, 6.45) is 2.80. The zero-order valence-electron chi connectivity index (χ0n) is 12.4. The first kappa shape index (κ1) is 14.4. The fourth-order valence-corrected chi connectivity index (χ4v) is 2.72. The first-order valence-corrected chi connectivity index (χ1v) is 7.75. The SMILES string of the molecule is CNC(c1ccc(OC2CC2)cc1)c1cc(Cl)ccc1C. The van der Waals surface area contributed by atoms with E-state index < -0.39 is 0 Å². The Bertz CT molecular complexity index is 620. The molecular formula is C18H20ClNO. The second-order valence-electron chi connectivity index (χ2n) is 5.61. The van der Waals surface area contributed by atoms with Crippen molar-refractivity contribution in [3.63, 3.8) is 0 Å². The van der Waals surface area contributed by atoms with Crippen LogP contribution in [-0.4, -0.2) is 13.2 Å². The molecule has 1 N–H and O–H groups in total. The molecule has 0 amide bonds. The summed E-state index contributed by atoms with van der Waals surface area (Å²) in [5.41, 5.74) is 3.66. The summed E-state index contributed by atoms with van der Waals surface area (Å²) >= 11 is 6.15. The van der Waals surface area contributed by atoms with Gasteiger partial charge in [-0.05, 0) is 67.8 Å². The van der Waals surface area contributed by atoms with Crippen molar-refractivity contribution < 1.29 is 4.74 Å². The Morgan fingerprint density at radius 1 is 1.14 bits per heavy atom. The molecular weight excluding hydrogens is 282 g/mol. The molecule has 3 heteroatoms. The molecule has 1 fully saturated rings. The largest absolute Gasteiger partial charge is 0.490 e. The zero-order valence-corrected chi connectivity index (χ0v) is 13.2. The van der Waals surface area contributed by atoms with E-state index in [4.69, 9.17) is 16.3 Å². The van der Waals surface area contributed by atoms with Crippen LogP contribution in [0.4, 0.5) is 0 Å². The van der Waals surface area contributed by atoms with Gasteiger partial charge >= 0.3 is 0 Å². The van der Waals surface area contributed by atoms with Gasteiger partial charge < -0.3 is 10.1 Å². The van der Waals surface area contributed by atoms with E-state index in [9.17, 15) is 0 Å². The van der Waals surface area contributed by atoms with Crippen LogP contribution in [0, 0.1) is 6.92 Å². The van der Waals surface area contributed by atoms with E-state index in [1.807, 2.05) is 19.2 Å². The molecule has 21 heavy (non-hydrogen) atoms. The standard InChI is InChI=1S/C18H20ClNO/c1-12-3-6-14(19)11-17(12)18(20-2)13-4-7-15(8-5-13)21-16-9-10-16/h3-8,11,16,18,20H,9-10H2,1-2H3. The number of aryl methyl sites for hydroxylation is 1. The van der Waals surface area contributed by atoms with Crippen LogP contribution >= 0.6 is 11.6 Å². The Kier molecular flexibility index (Phi) is 4.18. The van der Waals surface area contributed by atoms with E-state index in [1.54, 1.807) is 0 Å². The molecule has 1 atom stereocenters. The number of halogens is 1. The molecule has 110 valence electrons. The third kappa shape index (κ3) is 3.39. The Hall–Kier alpha value is -1.51. The molecule has 1 unspecified atom stereocenters. The van der Waals surface area contributed by atoms with Gasteiger partial charge in [-0.2, -0.15) is 0 Å². The molecule has 3 rings (SSSR count). The van der Waals surface area contributed by atoms with Crippen molar-refractivity contribution in [3.8, 4) is 5.75 Å². The van der Waals surface area contributed by atoms with Gasteiger partial charge in [-0.3, -0.25) is 0 Å². The molecule has 0 bridgehead atoms. The number of nitrogens with one attached hydrogen (secondary N) is 1. The molecule has 0 saturated heterocycles. The van der Waals surface area contributed by atoms with E-state index in [2.05, 4.69) is 42.6 Å². The van der Waals surface area contributed by atoms with Crippen LogP contribution in [0.2, 0.25) is 5.02 Å². The van der Waals surface area contributed by atoms with Crippen LogP contribution < -0.4 is 10.1 Å². The normalized spacial score (nSPS) is 15.8. The van der Waals surface area contributed by atoms with E-state index in [1.165, 1.54) is 29.5 Å². The molecule has 1 aliphatic carbocycles. The highest BCUT2D eigenvalue weighted by Crippen LogP contribution is 2.30. The topological polar surface area (TPSA) is 21.3 Å². The molecule has 0 radical (unpaired) electrons. The number of ether oxygens (including phenoxy) is 1. The van der Waals surface area contributed by atoms with E-state index >= 15 is 0 Å². The van der Waals surface area contributed by atoms with Gasteiger partial charge in [-0.1, -0.05) is 29.8 Å². The fourth-order valence-electron chi connectivity index (χ4n) is 2.54. The first-order chi connectivity index (χ1) is 10.2. The molecule has 2 aromatic carbocycles. The number of rotatable bonds is 5. The Morgan fingerprint density at radius 2 is 1.86 bits per heavy atom. The summed E-state index contributed by atoms with van der Waals surface area (Å²) in [5, 5.41) is 4.14. The second kappa shape index (κ2) is 6.08. The van der Waals surface area contributed by atoms with Crippen LogP contribution in [0.1, 0.15) is 35.6 Å². The third-order valence-electron chi connectivity index (χ3n) is 3.88. The van der Waals surface area contributed by atoms with Crippen LogP contribution in [0.5, 0.6) is 5.75 Å². The van der Waals surface area contributed by atoms with Gasteiger partial charge in [0, 0.05) is 5.02 Å². The van der Waals surface area contributed by atoms with Crippen LogP contribution in [0.25, 0.3) is 0 Å². The maximum atomic E-state index is 6.15. The van der Waals surface area contributed by atoms with Gasteiger partial charge in [-0.15, -0.1) is 0 Å². The zero-order chi connectivity index (χ0) is 14.8. The average Bonchev–Trinajstić information content (AvgIpc) is 3.29. The maximum Gasteiger partial charge on any atom is 0.119 e. The Balaban J connectivity index is 1.86. The number of benzene rings is 2. The van der Waals surface area contributed by atoms with Crippen molar-refractivity contribution >= 4 is 11.6 Å². The first-order valence-electron chi connectivity index (χ1n) is 7.37. The van der Waals surface area contributed by atoms with Gasteiger partial charge in [0.1, 0.15) is 5.75 Å². The fraction of sp³-hybridized carbons (Fsp3) is 0.333. The minimum Gasteiger partial charge on any atom is -0.490 e. The van der Waals surface area contributed by atoms with E-state index in [-0.39, 0.29) is 6.04 Å². The molecule has 0 aliphatic heterocycles. The molecule has 0 spiro atoms. The summed E-state index contributed by atoms with van der Waals surface area (Å²) < 4.78 is 5.80. The number of hydrogen-bond acceptors (Lipinski definition) is 2. The van der Waals surface area contributed by atoms with Crippen LogP contribution in [0.3, 0.4) is 0 Å². The van der Waals surface area contributed by atoms with Gasteiger partial charge in [0.05, 0.1) is 12.1 Å². The predicted octanol–water partition coefficient (Wildman–Crippen LogP) is 4.50. The molecule has 0 aromatic heterocycles. The van der Waals surface area contributed by atoms with Gasteiger partial charge in [0.2, 0.25) is 0 Å². The summed E-state index contributed by atoms with van der Waals surface area (Å²) in [4.78, 5) is 0. The molecule has 1 saturated carbocycles. The summed E-state index contributed by atoms with van der Waals surface area (Å²) in [6.45, 7) is 2.11. The Labute approximate surface area is 131 Å². The van der Waals surface area contributed by atoms with Gasteiger partial charge in [-0.25, -0.2) is 0 Å². The second-order valence-corrected chi connectivity index (χ2v) is 6.05. The van der Waals surface area contributed by atoms with E-state index in [0.717, 1.165) is 10.8 Å². The van der Waals surface area contributed by atoms with Crippen molar-refractivity contribution in [2.24, 2.45) is 0 Å². The van der Waals surface area contributed by atoms with Crippen molar-refractivity contribution in [1.82, 2.24) is 5.32 Å². The average molecular weight is 302 g/mol. The predicted molar refractivity (Wildman–Crippen MR) is 87.2 cm³/mol. The lowest BCUT2D eigenvalue weighted by Gasteiger charge is -2.20. The lowest BCUT2D eigenvalue weighted by molar-refractivity contribution is 0.303. The lowest BCUT2D eigenvalue weighted by atomic mass is 9.95. The summed E-state index contributed by atoms with van der Waals surface area (Å²) in [7, 11) is 1.97. The van der Waals surface area contributed by atoms with Crippen molar-refractivity contribution in [2.75, 3.05) is 7.05 Å². The maximum absolute atomic E-state index is 6.15. The molecule has 0 heterocycles. The minimum absolute atomic E-state index is 0.138. The highest BCUT2D eigenvalue weighted by molar-refractivity contribution is 6.30. The highest BCUT2D eigenvalue weighted by atomic mass is 35.5. The quantitative estimate of drug-likeness (QED) is 0.878. The minimum atomic E-state index is 0.138. The van der Waals surface area contributed by atoms with Crippen molar-refractivity contribution in [1.29, 1.82) is 0 Å². The number of hydrogen-bond donors (Lipinski definition) is 1. The van der Waals surface area contributed by atoms with E-state index in [0.29, 0.717) is 6.10 Å². The summed E-state index contributed by atoms with van der Waals surface area (Å²) in [6, 6.07) is 14.5. The highest BCUT2D eigenvalue weighted by Gasteiger charge is 2.23. The van der Waals surface area contributed by atoms with Crippen molar-refractivity contribution in [3.05, 3.63) is 64.2 Å². The lowest BCUT2D eigenvalue weighted by Crippen LogP contribution is -2.18. The van der Waals surface area contributed by atoms with Crippen LogP contribution in [0.15, 0.2) is 42.5 Å². The molecule has 2 nitrogen and oxygen atoms in total. The molecule has 2 aromatic rings. The monoisotopic (exact) mass is 301 g/mol. The van der Waals surface area contributed by atoms with Crippen molar-refractivity contribution in [2.45, 2.75) is 31.9 Å². The summed E-state index contributed by atoms with van der Waals surface area (Å²) in [5.74, 6) is 0.957. The van der Waals surface area contributed by atoms with Gasteiger partial charge in [0.25, 0.3) is 0 Å². The third-order valence-corrected chi connectivity index (χ3v) is 4.12. The Morgan fingerprint density at radius 3 is 2.48 bits per heavy atom.